The van der Waals surface area contributed by atoms with Crippen LogP contribution in [0, 0.1) is 0 Å². The highest BCUT2D eigenvalue weighted by Gasteiger charge is 2.31. The Morgan fingerprint density at radius 2 is 1.86 bits per heavy atom. The summed E-state index contributed by atoms with van der Waals surface area (Å²) in [7, 11) is 0. The van der Waals surface area contributed by atoms with E-state index in [4.69, 9.17) is 5.73 Å². The van der Waals surface area contributed by atoms with Gasteiger partial charge in [0, 0.05) is 36.1 Å². The van der Waals surface area contributed by atoms with Gasteiger partial charge in [-0.1, -0.05) is 24.3 Å². The van der Waals surface area contributed by atoms with Crippen LogP contribution < -0.4 is 16.0 Å². The fourth-order valence-electron chi connectivity index (χ4n) is 3.98. The average Bonchev–Trinajstić information content (AvgIpc) is 2.69. The van der Waals surface area contributed by atoms with Crippen LogP contribution in [-0.2, 0) is 4.79 Å². The van der Waals surface area contributed by atoms with E-state index in [-0.39, 0.29) is 18.0 Å². The lowest BCUT2D eigenvalue weighted by Crippen LogP contribution is -2.40. The molecular weight excluding hydrogens is 348 g/mol. The third kappa shape index (κ3) is 3.43. The molecule has 3 N–H and O–H groups in total. The minimum Gasteiger partial charge on any atom is -0.384 e. The van der Waals surface area contributed by atoms with Crippen LogP contribution in [-0.4, -0.2) is 16.9 Å². The lowest BCUT2D eigenvalue weighted by atomic mass is 9.89. The Balaban J connectivity index is 1.82. The van der Waals surface area contributed by atoms with E-state index in [1.807, 2.05) is 12.1 Å². The highest BCUT2D eigenvalue weighted by molar-refractivity contribution is 5.78. The predicted octanol–water partition coefficient (Wildman–Crippen LogP) is 4.44. The number of benzene rings is 2. The van der Waals surface area contributed by atoms with Crippen LogP contribution in [0.15, 0.2) is 66.9 Å². The van der Waals surface area contributed by atoms with Gasteiger partial charge in [0.15, 0.2) is 0 Å². The molecule has 2 heterocycles. The molecule has 2 atom stereocenters. The largest absolute Gasteiger partial charge is 0.384 e. The van der Waals surface area contributed by atoms with E-state index in [2.05, 4.69) is 64.6 Å². The molecule has 1 aliphatic heterocycles. The molecule has 0 radical (unpaired) electrons. The minimum absolute atomic E-state index is 0.0177. The monoisotopic (exact) mass is 372 g/mol. The number of carbonyl (C=O) groups excluding carboxylic acids is 1. The van der Waals surface area contributed by atoms with E-state index >= 15 is 0 Å². The maximum atomic E-state index is 11.8. The Labute approximate surface area is 165 Å². The maximum absolute atomic E-state index is 11.8. The molecule has 142 valence electrons. The van der Waals surface area contributed by atoms with E-state index in [0.29, 0.717) is 5.82 Å². The van der Waals surface area contributed by atoms with Gasteiger partial charge < -0.3 is 16.0 Å². The second-order valence-electron chi connectivity index (χ2n) is 7.29. The summed E-state index contributed by atoms with van der Waals surface area (Å²) in [6.45, 7) is 3.77. The number of anilines is 3. The number of carbonyl (C=O) groups is 1. The molecule has 1 amide bonds. The molecule has 0 aliphatic carbocycles. The lowest BCUT2D eigenvalue weighted by Gasteiger charge is -2.41. The lowest BCUT2D eigenvalue weighted by molar-refractivity contribution is -0.119. The third-order valence-corrected chi connectivity index (χ3v) is 5.21. The van der Waals surface area contributed by atoms with Gasteiger partial charge >= 0.3 is 0 Å². The first-order valence-electron chi connectivity index (χ1n) is 9.50. The SMILES string of the molecule is CC(=O)NC1CC(C)N(c2ccccc2)c2ccc(-c3ccc(N)nc3)cc21. The van der Waals surface area contributed by atoms with Gasteiger partial charge in [0.2, 0.25) is 5.91 Å². The number of nitrogens with one attached hydrogen (secondary N) is 1. The van der Waals surface area contributed by atoms with Crippen LogP contribution >= 0.6 is 0 Å². The number of nitrogens with zero attached hydrogens (tertiary/aromatic N) is 2. The number of hydrogen-bond donors (Lipinski definition) is 2. The van der Waals surface area contributed by atoms with Gasteiger partial charge in [0.1, 0.15) is 5.82 Å². The quantitative estimate of drug-likeness (QED) is 0.713. The minimum atomic E-state index is -0.0239. The van der Waals surface area contributed by atoms with Gasteiger partial charge in [0.05, 0.1) is 6.04 Å². The molecule has 5 heteroatoms. The van der Waals surface area contributed by atoms with Crippen molar-refractivity contribution >= 4 is 23.1 Å². The third-order valence-electron chi connectivity index (χ3n) is 5.21. The zero-order chi connectivity index (χ0) is 19.7. The molecule has 0 fully saturated rings. The zero-order valence-corrected chi connectivity index (χ0v) is 16.1. The number of fused-ring (bicyclic) bond motifs is 1. The highest BCUT2D eigenvalue weighted by Crippen LogP contribution is 2.43. The van der Waals surface area contributed by atoms with Gasteiger partial charge in [-0.2, -0.15) is 0 Å². The van der Waals surface area contributed by atoms with Crippen molar-refractivity contribution < 1.29 is 4.79 Å². The molecule has 0 bridgehead atoms. The second kappa shape index (κ2) is 7.35. The normalized spacial score (nSPS) is 18.4. The van der Waals surface area contributed by atoms with Crippen molar-refractivity contribution in [3.63, 3.8) is 0 Å². The standard InChI is InChI=1S/C23H24N4O/c1-15-12-21(26-16(2)28)20-13-17(18-9-11-23(24)25-14-18)8-10-22(20)27(15)19-6-4-3-5-7-19/h3-11,13-15,21H,12H2,1-2H3,(H2,24,25)(H,26,28). The van der Waals surface area contributed by atoms with Crippen LogP contribution in [0.5, 0.6) is 0 Å². The number of amides is 1. The number of nitrogen functional groups attached to an aromatic ring is 1. The first kappa shape index (κ1) is 18.0. The first-order chi connectivity index (χ1) is 13.5. The maximum Gasteiger partial charge on any atom is 0.217 e. The molecular formula is C23H24N4O. The van der Waals surface area contributed by atoms with Crippen LogP contribution in [0.4, 0.5) is 17.2 Å². The Morgan fingerprint density at radius 1 is 1.11 bits per heavy atom. The van der Waals surface area contributed by atoms with Crippen LogP contribution in [0.25, 0.3) is 11.1 Å². The van der Waals surface area contributed by atoms with Gasteiger partial charge in [-0.05, 0) is 60.9 Å². The number of aromatic nitrogens is 1. The summed E-state index contributed by atoms with van der Waals surface area (Å²) in [5.74, 6) is 0.484. The van der Waals surface area contributed by atoms with Crippen molar-refractivity contribution in [2.45, 2.75) is 32.4 Å². The molecule has 28 heavy (non-hydrogen) atoms. The predicted molar refractivity (Wildman–Crippen MR) is 113 cm³/mol. The zero-order valence-electron chi connectivity index (χ0n) is 16.1. The smallest absolute Gasteiger partial charge is 0.217 e. The Bertz CT molecular complexity index is 985. The molecule has 3 aromatic rings. The van der Waals surface area contributed by atoms with Crippen molar-refractivity contribution in [3.05, 3.63) is 72.4 Å². The van der Waals surface area contributed by atoms with E-state index in [0.717, 1.165) is 34.5 Å². The van der Waals surface area contributed by atoms with Gasteiger partial charge in [0.25, 0.3) is 0 Å². The molecule has 0 saturated carbocycles. The first-order valence-corrected chi connectivity index (χ1v) is 9.50. The molecule has 2 aromatic carbocycles. The van der Waals surface area contributed by atoms with Crippen LogP contribution in [0.2, 0.25) is 0 Å². The molecule has 0 spiro atoms. The van der Waals surface area contributed by atoms with Crippen molar-refractivity contribution in [3.8, 4) is 11.1 Å². The van der Waals surface area contributed by atoms with Crippen molar-refractivity contribution in [2.75, 3.05) is 10.6 Å². The van der Waals surface area contributed by atoms with Gasteiger partial charge in [-0.15, -0.1) is 0 Å². The summed E-state index contributed by atoms with van der Waals surface area (Å²) in [6.07, 6.45) is 2.62. The number of pyridine rings is 1. The number of para-hydroxylation sites is 1. The Kier molecular flexibility index (Phi) is 4.74. The van der Waals surface area contributed by atoms with Crippen LogP contribution in [0.3, 0.4) is 0 Å². The molecule has 5 nitrogen and oxygen atoms in total. The summed E-state index contributed by atoms with van der Waals surface area (Å²) in [6, 6.07) is 20.8. The van der Waals surface area contributed by atoms with E-state index in [1.165, 1.54) is 0 Å². The van der Waals surface area contributed by atoms with Crippen molar-refractivity contribution in [2.24, 2.45) is 0 Å². The molecule has 1 aliphatic rings. The summed E-state index contributed by atoms with van der Waals surface area (Å²) in [5, 5.41) is 3.13. The summed E-state index contributed by atoms with van der Waals surface area (Å²) in [4.78, 5) is 18.4. The Hall–Kier alpha value is -3.34. The average molecular weight is 372 g/mol. The Morgan fingerprint density at radius 3 is 2.54 bits per heavy atom. The topological polar surface area (TPSA) is 71.2 Å². The fraction of sp³-hybridized carbons (Fsp3) is 0.217. The second-order valence-corrected chi connectivity index (χ2v) is 7.29. The summed E-state index contributed by atoms with van der Waals surface area (Å²) < 4.78 is 0. The number of rotatable bonds is 3. The van der Waals surface area contributed by atoms with Gasteiger partial charge in [-0.3, -0.25) is 4.79 Å². The van der Waals surface area contributed by atoms with E-state index in [1.54, 1.807) is 19.2 Å². The van der Waals surface area contributed by atoms with E-state index < -0.39 is 0 Å². The van der Waals surface area contributed by atoms with Crippen molar-refractivity contribution in [1.29, 1.82) is 0 Å². The van der Waals surface area contributed by atoms with Crippen molar-refractivity contribution in [1.82, 2.24) is 10.3 Å². The fourth-order valence-corrected chi connectivity index (χ4v) is 3.98. The van der Waals surface area contributed by atoms with E-state index in [9.17, 15) is 4.79 Å². The molecule has 1 aromatic heterocycles. The summed E-state index contributed by atoms with van der Waals surface area (Å²) >= 11 is 0. The number of nitrogens with two attached hydrogens (primary N) is 1. The van der Waals surface area contributed by atoms with Gasteiger partial charge in [-0.25, -0.2) is 4.98 Å². The van der Waals surface area contributed by atoms with Crippen LogP contribution in [0.1, 0.15) is 31.9 Å². The molecule has 2 unspecified atom stereocenters. The summed E-state index contributed by atoms with van der Waals surface area (Å²) in [5.41, 5.74) is 11.2. The number of hydrogen-bond acceptors (Lipinski definition) is 4. The molecule has 4 rings (SSSR count). The molecule has 0 saturated heterocycles. The highest BCUT2D eigenvalue weighted by atomic mass is 16.1.